The number of anilines is 6. The molecule has 15 rings (SSSR count). The number of nitrogens with zero attached hydrogens (tertiary/aromatic N) is 3. The topological polar surface area (TPSA) is 11.4 Å². The summed E-state index contributed by atoms with van der Waals surface area (Å²) in [6, 6.07) is 76.4. The number of fused-ring (bicyclic) bond motifs is 7. The number of rotatable bonds is 8. The molecule has 0 N–H and O–H groups in total. The molecule has 0 spiro atoms. The fraction of sp³-hybridized carbons (Fsp3) is 0.182. The van der Waals surface area contributed by atoms with Crippen LogP contribution in [-0.4, -0.2) is 11.3 Å². The van der Waals surface area contributed by atoms with Crippen LogP contribution in [0.2, 0.25) is 0 Å². The predicted molar refractivity (Wildman–Crippen MR) is 397 cm³/mol. The minimum absolute atomic E-state index is 0.0214. The number of aromatic nitrogens is 1. The van der Waals surface area contributed by atoms with E-state index in [1.807, 2.05) is 6.07 Å². The molecule has 12 aromatic carbocycles. The smallest absolute Gasteiger partial charge is 0.252 e. The molecule has 0 fully saturated rings. The Morgan fingerprint density at radius 2 is 0.652 bits per heavy atom. The van der Waals surface area contributed by atoms with E-state index < -0.39 is 30.9 Å². The predicted octanol–water partition coefficient (Wildman–Crippen LogP) is 22.4. The third-order valence-corrected chi connectivity index (χ3v) is 19.1. The maximum atomic E-state index is 9.72. The van der Waals surface area contributed by atoms with Crippen LogP contribution in [0.1, 0.15) is 116 Å². The fourth-order valence-electron chi connectivity index (χ4n) is 14.1. The van der Waals surface area contributed by atoms with Gasteiger partial charge < -0.3 is 14.4 Å². The van der Waals surface area contributed by atoms with Gasteiger partial charge in [0.1, 0.15) is 0 Å². The monoisotopic (exact) mass is 1200 g/mol. The average molecular weight is 1200 g/mol. The Hall–Kier alpha value is -9.90. The second-order valence-electron chi connectivity index (χ2n) is 29.2. The van der Waals surface area contributed by atoms with Crippen LogP contribution < -0.4 is 26.2 Å². The van der Waals surface area contributed by atoms with Crippen molar-refractivity contribution in [1.82, 2.24) is 4.57 Å². The van der Waals surface area contributed by atoms with Gasteiger partial charge in [-0.05, 0) is 136 Å². The molecule has 2 aliphatic heterocycles. The first-order chi connectivity index (χ1) is 47.5. The molecular formula is C88H80BN3. The second-order valence-corrected chi connectivity index (χ2v) is 29.2. The highest BCUT2D eigenvalue weighted by Crippen LogP contribution is 2.54. The van der Waals surface area contributed by atoms with Gasteiger partial charge in [-0.15, -0.1) is 0 Å². The highest BCUT2D eigenvalue weighted by atomic mass is 15.2. The van der Waals surface area contributed by atoms with Gasteiger partial charge in [-0.2, -0.15) is 0 Å². The van der Waals surface area contributed by atoms with Crippen molar-refractivity contribution in [1.29, 1.82) is 0 Å². The number of benzene rings is 12. The standard InChI is InChI=1S/C88H80BN3/c1-85(2,3)63-44-35-58(36-45-63)68-27-20-28-69(59-37-46-64(47-38-59)86(4,5)6)83(68)91-78-33-22-34-79-82(78)89(74-53-43-62(55-80(74)91)57-23-14-13-15-24-57)75-54-52-67(90-76-31-18-16-25-72(76)73-26-17-19-32-77(73)90)56-81(75)92(79)84-70(60-39-48-65(49-40-60)87(7,8)9)29-21-30-71(84)61-41-50-66(51-42-61)88(10,11)12/h13-56H,1-12H3/i16D,17D,18D,19D,25D,26D,31D,32D. The third-order valence-electron chi connectivity index (χ3n) is 19.1. The molecule has 0 amide bonds. The Morgan fingerprint density at radius 3 is 1.04 bits per heavy atom. The van der Waals surface area contributed by atoms with Crippen LogP contribution in [0.4, 0.5) is 34.1 Å². The van der Waals surface area contributed by atoms with Gasteiger partial charge in [0.2, 0.25) is 0 Å². The first-order valence-corrected chi connectivity index (χ1v) is 32.3. The van der Waals surface area contributed by atoms with E-state index in [1.165, 1.54) is 22.3 Å². The molecule has 92 heavy (non-hydrogen) atoms. The first kappa shape index (κ1) is 49.8. The van der Waals surface area contributed by atoms with Crippen molar-refractivity contribution in [3.05, 3.63) is 289 Å². The lowest BCUT2D eigenvalue weighted by Crippen LogP contribution is -2.61. The molecule has 0 bridgehead atoms. The van der Waals surface area contributed by atoms with Gasteiger partial charge >= 0.3 is 0 Å². The zero-order chi connectivity index (χ0) is 70.5. The van der Waals surface area contributed by atoms with Crippen LogP contribution in [0.25, 0.3) is 83.1 Å². The molecule has 3 nitrogen and oxygen atoms in total. The molecule has 4 heteroatoms. The summed E-state index contributed by atoms with van der Waals surface area (Å²) in [6.07, 6.45) is 0. The molecule has 0 saturated heterocycles. The number of hydrogen-bond donors (Lipinski definition) is 0. The number of para-hydroxylation sites is 4. The van der Waals surface area contributed by atoms with Crippen LogP contribution in [0.5, 0.6) is 0 Å². The molecular weight excluding hydrogens is 1110 g/mol. The molecule has 0 unspecified atom stereocenters. The van der Waals surface area contributed by atoms with Crippen molar-refractivity contribution < 1.29 is 11.0 Å². The third kappa shape index (κ3) is 9.98. The SMILES string of the molecule is [2H]c1c([2H])c([2H])c2c(c1[2H])c1c([2H])c([2H])c([2H])c([2H])c1n2-c1ccc2c(c1)N(c1c(-c3ccc(C(C)(C)C)cc3)cccc1-c1ccc(C(C)(C)C)cc1)c1cccc3c1B2c1ccc(-c2ccccc2)cc1N3c1c(-c2ccc(C(C)(C)C)cc2)cccc1-c1ccc(C(C)(C)C)cc1. The van der Waals surface area contributed by atoms with Gasteiger partial charge in [0, 0.05) is 61.5 Å². The molecule has 0 radical (unpaired) electrons. The van der Waals surface area contributed by atoms with Crippen LogP contribution in [0.3, 0.4) is 0 Å². The van der Waals surface area contributed by atoms with Crippen LogP contribution in [-0.2, 0) is 21.7 Å². The maximum Gasteiger partial charge on any atom is 0.252 e. The van der Waals surface area contributed by atoms with Gasteiger partial charge in [0.15, 0.2) is 0 Å². The van der Waals surface area contributed by atoms with Crippen molar-refractivity contribution in [2.24, 2.45) is 0 Å². The molecule has 1 aromatic heterocycles. The zero-order valence-electron chi connectivity index (χ0n) is 62.7. The summed E-state index contributed by atoms with van der Waals surface area (Å²) in [4.78, 5) is 4.95. The van der Waals surface area contributed by atoms with Gasteiger partial charge in [0.05, 0.1) is 33.4 Å². The normalized spacial score (nSPS) is 14.4. The lowest BCUT2D eigenvalue weighted by atomic mass is 9.33. The summed E-state index contributed by atoms with van der Waals surface area (Å²) in [5.41, 5.74) is 24.1. The average Bonchev–Trinajstić information content (AvgIpc) is 1.00. The van der Waals surface area contributed by atoms with Crippen molar-refractivity contribution in [3.8, 4) is 61.3 Å². The fourth-order valence-corrected chi connectivity index (χ4v) is 14.1. The highest BCUT2D eigenvalue weighted by molar-refractivity contribution is 7.00. The van der Waals surface area contributed by atoms with Crippen molar-refractivity contribution in [2.45, 2.75) is 105 Å². The van der Waals surface area contributed by atoms with Crippen molar-refractivity contribution in [3.63, 3.8) is 0 Å². The van der Waals surface area contributed by atoms with Crippen LogP contribution in [0, 0.1) is 0 Å². The summed E-state index contributed by atoms with van der Waals surface area (Å²) in [5.74, 6) is 0. The van der Waals surface area contributed by atoms with Crippen molar-refractivity contribution in [2.75, 3.05) is 9.80 Å². The maximum absolute atomic E-state index is 9.72. The summed E-state index contributed by atoms with van der Waals surface area (Å²) >= 11 is 0. The van der Waals surface area contributed by atoms with E-state index >= 15 is 0 Å². The minimum atomic E-state index is -0.491. The summed E-state index contributed by atoms with van der Waals surface area (Å²) in [7, 11) is 0. The lowest BCUT2D eigenvalue weighted by molar-refractivity contribution is 0.590. The highest BCUT2D eigenvalue weighted by Gasteiger charge is 2.45. The van der Waals surface area contributed by atoms with Gasteiger partial charge in [-0.3, -0.25) is 0 Å². The largest absolute Gasteiger partial charge is 0.310 e. The van der Waals surface area contributed by atoms with E-state index in [0.29, 0.717) is 5.69 Å². The quantitative estimate of drug-likeness (QED) is 0.141. The Morgan fingerprint density at radius 1 is 0.304 bits per heavy atom. The van der Waals surface area contributed by atoms with Crippen molar-refractivity contribution >= 4 is 79.0 Å². The molecule has 0 aliphatic carbocycles. The Kier molecular flexibility index (Phi) is 11.9. The summed E-state index contributed by atoms with van der Waals surface area (Å²) in [5, 5.41) is 0.0427. The lowest BCUT2D eigenvalue weighted by Gasteiger charge is -2.45. The second kappa shape index (κ2) is 21.9. The van der Waals surface area contributed by atoms with Crippen LogP contribution in [0.15, 0.2) is 267 Å². The van der Waals surface area contributed by atoms with E-state index in [-0.39, 0.29) is 67.6 Å². The first-order valence-electron chi connectivity index (χ1n) is 36.3. The minimum Gasteiger partial charge on any atom is -0.310 e. The molecule has 0 atom stereocenters. The van der Waals surface area contributed by atoms with E-state index in [4.69, 9.17) is 5.48 Å². The molecule has 13 aromatic rings. The van der Waals surface area contributed by atoms with E-state index in [0.717, 1.165) is 106 Å². The van der Waals surface area contributed by atoms with Crippen LogP contribution >= 0.6 is 0 Å². The van der Waals surface area contributed by atoms with Gasteiger partial charge in [0.25, 0.3) is 6.71 Å². The van der Waals surface area contributed by atoms with E-state index in [2.05, 4.69) is 305 Å². The summed E-state index contributed by atoms with van der Waals surface area (Å²) < 4.78 is 76.3. The zero-order valence-corrected chi connectivity index (χ0v) is 54.7. The molecule has 2 aliphatic rings. The van der Waals surface area contributed by atoms with E-state index in [1.54, 1.807) is 4.57 Å². The van der Waals surface area contributed by atoms with Gasteiger partial charge in [-0.25, -0.2) is 0 Å². The van der Waals surface area contributed by atoms with Gasteiger partial charge in [-0.1, -0.05) is 307 Å². The molecule has 0 saturated carbocycles. The Bertz CT molecular complexity index is 5250. The molecule has 450 valence electrons. The number of hydrogen-bond acceptors (Lipinski definition) is 2. The van der Waals surface area contributed by atoms with E-state index in [9.17, 15) is 5.48 Å². The Labute approximate surface area is 556 Å². The summed E-state index contributed by atoms with van der Waals surface area (Å²) in [6.45, 7) is 26.5. The Balaban J connectivity index is 1.10. The molecule has 3 heterocycles.